The summed E-state index contributed by atoms with van der Waals surface area (Å²) >= 11 is 0. The summed E-state index contributed by atoms with van der Waals surface area (Å²) in [6.07, 6.45) is 3.10. The van der Waals surface area contributed by atoms with Crippen LogP contribution in [0.2, 0.25) is 0 Å². The lowest BCUT2D eigenvalue weighted by Gasteiger charge is -2.03. The molecule has 0 aliphatic carbocycles. The lowest BCUT2D eigenvalue weighted by Crippen LogP contribution is -2.17. The Morgan fingerprint density at radius 2 is 3.00 bits per heavy atom. The van der Waals surface area contributed by atoms with Gasteiger partial charge >= 0.3 is 0 Å². The van der Waals surface area contributed by atoms with Crippen molar-refractivity contribution in [3.8, 4) is 0 Å². The molecule has 1 rings (SSSR count). The van der Waals surface area contributed by atoms with Gasteiger partial charge in [0.25, 0.3) is 0 Å². The highest BCUT2D eigenvalue weighted by Gasteiger charge is 2.06. The Bertz CT molecular complexity index is 105. The Hall–Kier alpha value is -0.500. The summed E-state index contributed by atoms with van der Waals surface area (Å²) in [5, 5.41) is 0. The second-order valence-electron chi connectivity index (χ2n) is 1.44. The largest absolute Gasteiger partial charge is 0.497 e. The van der Waals surface area contributed by atoms with Crippen LogP contribution >= 0.6 is 0 Å². The number of hydrogen-bond donors (Lipinski definition) is 1. The molecule has 2 nitrogen and oxygen atoms in total. The zero-order chi connectivity index (χ0) is 6.04. The normalized spacial score (nSPS) is 40.4. The van der Waals surface area contributed by atoms with Crippen molar-refractivity contribution in [1.29, 1.82) is 0 Å². The zero-order valence-electron chi connectivity index (χ0n) is 5.05. The van der Waals surface area contributed by atoms with E-state index in [1.165, 1.54) is 6.26 Å². The molecule has 0 amide bonds. The smallest absolute Gasteiger partial charge is 0.113 e. The highest BCUT2D eigenvalue weighted by molar-refractivity contribution is 4.86. The molecule has 0 saturated heterocycles. The third-order valence-corrected chi connectivity index (χ3v) is 0.904. The number of hydrogen-bond acceptors (Lipinski definition) is 2. The standard InChI is InChI=1S/C5H9NO/c6-4-5-2-1-3-7-5/h1,3,5H,2,4,6H2/i5D. The van der Waals surface area contributed by atoms with Crippen LogP contribution < -0.4 is 5.73 Å². The van der Waals surface area contributed by atoms with Gasteiger partial charge in [0.05, 0.1) is 7.63 Å². The minimum Gasteiger partial charge on any atom is -0.497 e. The monoisotopic (exact) mass is 100 g/mol. The molecule has 1 aliphatic heterocycles. The van der Waals surface area contributed by atoms with Crippen molar-refractivity contribution < 1.29 is 6.11 Å². The van der Waals surface area contributed by atoms with E-state index in [9.17, 15) is 0 Å². The van der Waals surface area contributed by atoms with Crippen LogP contribution in [0, 0.1) is 0 Å². The topological polar surface area (TPSA) is 35.2 Å². The molecule has 1 heterocycles. The molecular formula is C5H9NO. The molecule has 0 fully saturated rings. The van der Waals surface area contributed by atoms with Crippen molar-refractivity contribution in [3.05, 3.63) is 12.3 Å². The first kappa shape index (κ1) is 3.50. The molecule has 1 aliphatic rings. The lowest BCUT2D eigenvalue weighted by molar-refractivity contribution is 0.178. The fourth-order valence-electron chi connectivity index (χ4n) is 0.503. The predicted molar refractivity (Wildman–Crippen MR) is 27.7 cm³/mol. The number of ether oxygens (including phenoxy) is 1. The van der Waals surface area contributed by atoms with Crippen molar-refractivity contribution in [3.63, 3.8) is 0 Å². The van der Waals surface area contributed by atoms with Crippen molar-refractivity contribution in [2.24, 2.45) is 5.73 Å². The Labute approximate surface area is 44.4 Å². The zero-order valence-corrected chi connectivity index (χ0v) is 4.05. The molecule has 0 aromatic carbocycles. The van der Waals surface area contributed by atoms with E-state index in [0.29, 0.717) is 6.42 Å². The molecule has 0 spiro atoms. The van der Waals surface area contributed by atoms with E-state index in [0.717, 1.165) is 0 Å². The highest BCUT2D eigenvalue weighted by Crippen LogP contribution is 2.05. The summed E-state index contributed by atoms with van der Waals surface area (Å²) in [5.74, 6) is 0. The minimum atomic E-state index is -0.847. The maximum atomic E-state index is 7.32. The fourth-order valence-corrected chi connectivity index (χ4v) is 0.503. The van der Waals surface area contributed by atoms with Crippen LogP contribution in [0.25, 0.3) is 0 Å². The molecule has 2 N–H and O–H groups in total. The molecule has 1 atom stereocenters. The van der Waals surface area contributed by atoms with Gasteiger partial charge in [0.2, 0.25) is 0 Å². The Balaban J connectivity index is 2.46. The Morgan fingerprint density at radius 3 is 3.29 bits per heavy atom. The van der Waals surface area contributed by atoms with Crippen LogP contribution in [0.15, 0.2) is 12.3 Å². The number of nitrogens with two attached hydrogens (primary N) is 1. The van der Waals surface area contributed by atoms with Crippen LogP contribution in [0.5, 0.6) is 0 Å². The van der Waals surface area contributed by atoms with Crippen LogP contribution in [-0.4, -0.2) is 12.6 Å². The van der Waals surface area contributed by atoms with Gasteiger partial charge in [0.1, 0.15) is 6.08 Å². The Morgan fingerprint density at radius 1 is 2.14 bits per heavy atom. The van der Waals surface area contributed by atoms with Crippen molar-refractivity contribution >= 4 is 0 Å². The first-order chi connectivity index (χ1) is 3.77. The van der Waals surface area contributed by atoms with Gasteiger partial charge in [-0.25, -0.2) is 0 Å². The summed E-state index contributed by atoms with van der Waals surface area (Å²) in [6.45, 7) is 0.264. The molecule has 0 bridgehead atoms. The SMILES string of the molecule is [2H]C1(CN)CC=CO1. The molecule has 0 aromatic rings. The van der Waals surface area contributed by atoms with Gasteiger partial charge in [0.15, 0.2) is 0 Å². The fraction of sp³-hybridized carbons (Fsp3) is 0.600. The number of rotatable bonds is 1. The average Bonchev–Trinajstić information content (AvgIpc) is 2.17. The lowest BCUT2D eigenvalue weighted by atomic mass is 10.3. The molecule has 7 heavy (non-hydrogen) atoms. The van der Waals surface area contributed by atoms with Crippen LogP contribution in [0.4, 0.5) is 0 Å². The minimum absolute atomic E-state index is 0.264. The quantitative estimate of drug-likeness (QED) is 0.512. The third kappa shape index (κ3) is 0.933. The summed E-state index contributed by atoms with van der Waals surface area (Å²) < 4.78 is 12.2. The van der Waals surface area contributed by atoms with Crippen LogP contribution in [0.3, 0.4) is 0 Å². The van der Waals surface area contributed by atoms with Crippen molar-refractivity contribution in [2.45, 2.75) is 12.5 Å². The molecule has 0 radical (unpaired) electrons. The van der Waals surface area contributed by atoms with Crippen LogP contribution in [-0.2, 0) is 4.74 Å². The molecule has 40 valence electrons. The molecule has 0 saturated carbocycles. The third-order valence-electron chi connectivity index (χ3n) is 0.904. The van der Waals surface area contributed by atoms with E-state index in [4.69, 9.17) is 11.8 Å². The molecule has 0 aromatic heterocycles. The van der Waals surface area contributed by atoms with E-state index < -0.39 is 6.08 Å². The Kier molecular flexibility index (Phi) is 0.989. The summed E-state index contributed by atoms with van der Waals surface area (Å²) in [7, 11) is 0. The highest BCUT2D eigenvalue weighted by atomic mass is 16.5. The van der Waals surface area contributed by atoms with E-state index in [2.05, 4.69) is 0 Å². The predicted octanol–water partition coefficient (Wildman–Crippen LogP) is 0.248. The van der Waals surface area contributed by atoms with E-state index >= 15 is 0 Å². The molecule has 2 heteroatoms. The molecular weight excluding hydrogens is 90.1 g/mol. The summed E-state index contributed by atoms with van der Waals surface area (Å²) in [4.78, 5) is 0. The van der Waals surface area contributed by atoms with Gasteiger partial charge in [-0.1, -0.05) is 0 Å². The van der Waals surface area contributed by atoms with Crippen LogP contribution in [0.1, 0.15) is 7.79 Å². The van der Waals surface area contributed by atoms with Gasteiger partial charge in [-0.2, -0.15) is 0 Å². The second kappa shape index (κ2) is 1.98. The van der Waals surface area contributed by atoms with Gasteiger partial charge in [0, 0.05) is 13.0 Å². The van der Waals surface area contributed by atoms with E-state index in [1.807, 2.05) is 0 Å². The summed E-state index contributed by atoms with van der Waals surface area (Å²) in [5.41, 5.74) is 5.22. The van der Waals surface area contributed by atoms with Gasteiger partial charge in [-0.15, -0.1) is 0 Å². The first-order valence-corrected chi connectivity index (χ1v) is 2.30. The maximum Gasteiger partial charge on any atom is 0.113 e. The van der Waals surface area contributed by atoms with Crippen molar-refractivity contribution in [1.82, 2.24) is 0 Å². The second-order valence-corrected chi connectivity index (χ2v) is 1.44. The van der Waals surface area contributed by atoms with E-state index in [1.54, 1.807) is 6.08 Å². The van der Waals surface area contributed by atoms with Gasteiger partial charge < -0.3 is 10.5 Å². The first-order valence-electron chi connectivity index (χ1n) is 2.80. The van der Waals surface area contributed by atoms with E-state index in [-0.39, 0.29) is 6.54 Å². The van der Waals surface area contributed by atoms with Crippen molar-refractivity contribution in [2.75, 3.05) is 6.54 Å². The average molecular weight is 100 g/mol. The summed E-state index contributed by atoms with van der Waals surface area (Å²) in [6, 6.07) is 0. The van der Waals surface area contributed by atoms with Gasteiger partial charge in [-0.3, -0.25) is 0 Å². The maximum absolute atomic E-state index is 7.32. The molecule has 1 unspecified atom stereocenters. The van der Waals surface area contributed by atoms with Gasteiger partial charge in [-0.05, 0) is 6.08 Å².